The zero-order valence-electron chi connectivity index (χ0n) is 10.9. The fourth-order valence-corrected chi connectivity index (χ4v) is 1.80. The smallest absolute Gasteiger partial charge is 0.123 e. The summed E-state index contributed by atoms with van der Waals surface area (Å²) in [7, 11) is 0. The molecule has 0 atom stereocenters. The Morgan fingerprint density at radius 2 is 1.76 bits per heavy atom. The zero-order valence-corrected chi connectivity index (χ0v) is 10.9. The van der Waals surface area contributed by atoms with Crippen molar-refractivity contribution in [2.75, 3.05) is 26.2 Å². The van der Waals surface area contributed by atoms with Crippen LogP contribution in [-0.4, -0.2) is 31.1 Å². The molecule has 0 saturated heterocycles. The molecular formula is C14H23FN2. The molecule has 0 radical (unpaired) electrons. The lowest BCUT2D eigenvalue weighted by Crippen LogP contribution is -2.27. The third kappa shape index (κ3) is 5.80. The molecule has 0 unspecified atom stereocenters. The lowest BCUT2D eigenvalue weighted by molar-refractivity contribution is 0.298. The molecule has 2 nitrogen and oxygen atoms in total. The fourth-order valence-electron chi connectivity index (χ4n) is 1.80. The van der Waals surface area contributed by atoms with E-state index >= 15 is 0 Å². The highest BCUT2D eigenvalue weighted by Crippen LogP contribution is 2.01. The second-order valence-corrected chi connectivity index (χ2v) is 4.18. The van der Waals surface area contributed by atoms with Gasteiger partial charge in [0, 0.05) is 6.54 Å². The van der Waals surface area contributed by atoms with Gasteiger partial charge < -0.3 is 10.2 Å². The average Bonchev–Trinajstić information content (AvgIpc) is 2.36. The molecule has 96 valence electrons. The van der Waals surface area contributed by atoms with Crippen LogP contribution in [0.3, 0.4) is 0 Å². The third-order valence-corrected chi connectivity index (χ3v) is 2.96. The first-order valence-corrected chi connectivity index (χ1v) is 6.43. The van der Waals surface area contributed by atoms with Crippen LogP contribution in [0.5, 0.6) is 0 Å². The maximum Gasteiger partial charge on any atom is 0.123 e. The van der Waals surface area contributed by atoms with E-state index in [1.807, 2.05) is 12.1 Å². The molecule has 0 fully saturated rings. The van der Waals surface area contributed by atoms with E-state index in [2.05, 4.69) is 24.1 Å². The molecule has 0 aliphatic carbocycles. The normalized spacial score (nSPS) is 11.1. The van der Waals surface area contributed by atoms with Gasteiger partial charge >= 0.3 is 0 Å². The Morgan fingerprint density at radius 1 is 1.12 bits per heavy atom. The molecule has 0 heterocycles. The summed E-state index contributed by atoms with van der Waals surface area (Å²) >= 11 is 0. The Balaban J connectivity index is 2.10. The molecule has 0 bridgehead atoms. The van der Waals surface area contributed by atoms with Gasteiger partial charge in [-0.05, 0) is 50.3 Å². The van der Waals surface area contributed by atoms with Crippen molar-refractivity contribution in [2.24, 2.45) is 0 Å². The van der Waals surface area contributed by atoms with E-state index in [1.165, 1.54) is 12.1 Å². The molecule has 0 saturated carbocycles. The van der Waals surface area contributed by atoms with E-state index in [9.17, 15) is 4.39 Å². The Morgan fingerprint density at radius 3 is 2.35 bits per heavy atom. The first kappa shape index (κ1) is 14.1. The molecule has 0 spiro atoms. The monoisotopic (exact) mass is 238 g/mol. The maximum absolute atomic E-state index is 12.7. The number of rotatable bonds is 8. The summed E-state index contributed by atoms with van der Waals surface area (Å²) in [6.45, 7) is 9.59. The predicted octanol–water partition coefficient (Wildman–Crippen LogP) is 2.65. The second-order valence-electron chi connectivity index (χ2n) is 4.18. The number of nitrogens with one attached hydrogen (secondary N) is 1. The number of hydrogen-bond donors (Lipinski definition) is 1. The lowest BCUT2D eigenvalue weighted by atomic mass is 10.2. The summed E-state index contributed by atoms with van der Waals surface area (Å²) in [6, 6.07) is 6.67. The quantitative estimate of drug-likeness (QED) is 0.700. The minimum absolute atomic E-state index is 0.171. The van der Waals surface area contributed by atoms with Gasteiger partial charge in [0.1, 0.15) is 5.82 Å². The van der Waals surface area contributed by atoms with Crippen molar-refractivity contribution in [3.05, 3.63) is 35.6 Å². The molecule has 0 aliphatic rings. The summed E-state index contributed by atoms with van der Waals surface area (Å²) < 4.78 is 12.7. The Labute approximate surface area is 104 Å². The van der Waals surface area contributed by atoms with Crippen LogP contribution < -0.4 is 5.32 Å². The van der Waals surface area contributed by atoms with Crippen molar-refractivity contribution in [3.8, 4) is 0 Å². The van der Waals surface area contributed by atoms with Crippen LogP contribution in [0.2, 0.25) is 0 Å². The van der Waals surface area contributed by atoms with Crippen LogP contribution in [0.25, 0.3) is 0 Å². The number of hydrogen-bond acceptors (Lipinski definition) is 2. The van der Waals surface area contributed by atoms with Crippen molar-refractivity contribution < 1.29 is 4.39 Å². The minimum Gasteiger partial charge on any atom is -0.313 e. The molecule has 17 heavy (non-hydrogen) atoms. The van der Waals surface area contributed by atoms with Gasteiger partial charge in [0.05, 0.1) is 0 Å². The third-order valence-electron chi connectivity index (χ3n) is 2.96. The van der Waals surface area contributed by atoms with Gasteiger partial charge in [-0.2, -0.15) is 0 Å². The minimum atomic E-state index is -0.171. The molecule has 3 heteroatoms. The molecule has 0 amide bonds. The first-order chi connectivity index (χ1) is 8.26. The van der Waals surface area contributed by atoms with Gasteiger partial charge in [-0.25, -0.2) is 4.39 Å². The summed E-state index contributed by atoms with van der Waals surface area (Å²) in [5.41, 5.74) is 1.13. The standard InChI is InChI=1S/C14H23FN2/c1-3-17(4-2)11-5-10-16-12-13-6-8-14(15)9-7-13/h6-9,16H,3-5,10-12H2,1-2H3. The number of nitrogens with zero attached hydrogens (tertiary/aromatic N) is 1. The van der Waals surface area contributed by atoms with E-state index in [4.69, 9.17) is 0 Å². The van der Waals surface area contributed by atoms with E-state index in [1.54, 1.807) is 0 Å². The molecule has 1 aromatic rings. The molecular weight excluding hydrogens is 215 g/mol. The van der Waals surface area contributed by atoms with Crippen molar-refractivity contribution in [2.45, 2.75) is 26.8 Å². The molecule has 1 rings (SSSR count). The zero-order chi connectivity index (χ0) is 12.5. The highest BCUT2D eigenvalue weighted by atomic mass is 19.1. The van der Waals surface area contributed by atoms with Crippen LogP contribution in [0, 0.1) is 5.82 Å². The molecule has 1 N–H and O–H groups in total. The molecule has 0 aliphatic heterocycles. The average molecular weight is 238 g/mol. The van der Waals surface area contributed by atoms with Gasteiger partial charge in [-0.15, -0.1) is 0 Å². The van der Waals surface area contributed by atoms with E-state index < -0.39 is 0 Å². The lowest BCUT2D eigenvalue weighted by Gasteiger charge is -2.17. The van der Waals surface area contributed by atoms with E-state index in [0.717, 1.165) is 44.7 Å². The first-order valence-electron chi connectivity index (χ1n) is 6.43. The number of benzene rings is 1. The Bertz CT molecular complexity index is 294. The SMILES string of the molecule is CCN(CC)CCCNCc1ccc(F)cc1. The van der Waals surface area contributed by atoms with Crippen molar-refractivity contribution in [3.63, 3.8) is 0 Å². The van der Waals surface area contributed by atoms with Crippen molar-refractivity contribution >= 4 is 0 Å². The molecule has 0 aromatic heterocycles. The second kappa shape index (κ2) is 8.20. The molecule has 1 aromatic carbocycles. The highest BCUT2D eigenvalue weighted by molar-refractivity contribution is 5.15. The summed E-state index contributed by atoms with van der Waals surface area (Å²) in [5, 5.41) is 3.38. The van der Waals surface area contributed by atoms with E-state index in [0.29, 0.717) is 0 Å². The van der Waals surface area contributed by atoms with Gasteiger partial charge in [0.2, 0.25) is 0 Å². The summed E-state index contributed by atoms with van der Waals surface area (Å²) in [4.78, 5) is 2.42. The van der Waals surface area contributed by atoms with Gasteiger partial charge in [0.25, 0.3) is 0 Å². The fraction of sp³-hybridized carbons (Fsp3) is 0.571. The Kier molecular flexibility index (Phi) is 6.82. The van der Waals surface area contributed by atoms with E-state index in [-0.39, 0.29) is 5.82 Å². The topological polar surface area (TPSA) is 15.3 Å². The summed E-state index contributed by atoms with van der Waals surface area (Å²) in [6.07, 6.45) is 1.16. The van der Waals surface area contributed by atoms with Gasteiger partial charge in [0.15, 0.2) is 0 Å². The van der Waals surface area contributed by atoms with Crippen LogP contribution in [0.15, 0.2) is 24.3 Å². The summed E-state index contributed by atoms with van der Waals surface area (Å²) in [5.74, 6) is -0.171. The van der Waals surface area contributed by atoms with Crippen LogP contribution in [0.1, 0.15) is 25.8 Å². The van der Waals surface area contributed by atoms with Crippen molar-refractivity contribution in [1.29, 1.82) is 0 Å². The largest absolute Gasteiger partial charge is 0.313 e. The van der Waals surface area contributed by atoms with Crippen molar-refractivity contribution in [1.82, 2.24) is 10.2 Å². The predicted molar refractivity (Wildman–Crippen MR) is 70.5 cm³/mol. The van der Waals surface area contributed by atoms with Gasteiger partial charge in [-0.1, -0.05) is 26.0 Å². The number of halogens is 1. The van der Waals surface area contributed by atoms with Crippen LogP contribution in [-0.2, 0) is 6.54 Å². The highest BCUT2D eigenvalue weighted by Gasteiger charge is 1.98. The van der Waals surface area contributed by atoms with Gasteiger partial charge in [-0.3, -0.25) is 0 Å². The van der Waals surface area contributed by atoms with Crippen LogP contribution in [0.4, 0.5) is 4.39 Å². The van der Waals surface area contributed by atoms with Crippen LogP contribution >= 0.6 is 0 Å². The maximum atomic E-state index is 12.7. The Hall–Kier alpha value is -0.930.